The number of aromatic nitrogens is 2. The second kappa shape index (κ2) is 4.31. The van der Waals surface area contributed by atoms with Crippen molar-refractivity contribution in [1.29, 1.82) is 0 Å². The van der Waals surface area contributed by atoms with Crippen molar-refractivity contribution in [1.82, 2.24) is 15.5 Å². The Bertz CT molecular complexity index is 389. The van der Waals surface area contributed by atoms with Crippen LogP contribution in [-0.4, -0.2) is 29.3 Å². The van der Waals surface area contributed by atoms with Gasteiger partial charge in [0.15, 0.2) is 0 Å². The number of aromatic amines is 2. The third-order valence-electron chi connectivity index (χ3n) is 2.41. The van der Waals surface area contributed by atoms with Crippen LogP contribution in [0.3, 0.4) is 0 Å². The quantitative estimate of drug-likeness (QED) is 0.621. The lowest BCUT2D eigenvalue weighted by Gasteiger charge is -2.07. The molecule has 0 bridgehead atoms. The van der Waals surface area contributed by atoms with Gasteiger partial charge in [0.25, 0.3) is 5.56 Å². The van der Waals surface area contributed by atoms with E-state index >= 15 is 0 Å². The van der Waals surface area contributed by atoms with E-state index in [9.17, 15) is 9.59 Å². The zero-order valence-electron chi connectivity index (χ0n) is 8.21. The lowest BCUT2D eigenvalue weighted by Crippen LogP contribution is -2.30. The van der Waals surface area contributed by atoms with Crippen molar-refractivity contribution < 1.29 is 9.53 Å². The van der Waals surface area contributed by atoms with E-state index in [-0.39, 0.29) is 17.4 Å². The number of ether oxygens (including phenoxy) is 1. The normalized spacial score (nSPS) is 20.4. The lowest BCUT2D eigenvalue weighted by molar-refractivity contribution is -0.125. The van der Waals surface area contributed by atoms with Gasteiger partial charge in [0.05, 0.1) is 24.8 Å². The molecule has 1 aromatic heterocycles. The van der Waals surface area contributed by atoms with Crippen molar-refractivity contribution in [3.05, 3.63) is 22.1 Å². The van der Waals surface area contributed by atoms with Gasteiger partial charge in [0.2, 0.25) is 5.91 Å². The van der Waals surface area contributed by atoms with Crippen molar-refractivity contribution in [2.75, 3.05) is 13.2 Å². The van der Waals surface area contributed by atoms with E-state index in [0.717, 1.165) is 6.42 Å². The summed E-state index contributed by atoms with van der Waals surface area (Å²) in [5, 5.41) is 7.82. The molecule has 1 aliphatic rings. The van der Waals surface area contributed by atoms with Crippen molar-refractivity contribution in [3.63, 3.8) is 0 Å². The summed E-state index contributed by atoms with van der Waals surface area (Å²) in [5.41, 5.74) is 0.482. The molecule has 3 N–H and O–H groups in total. The standard InChI is InChI=1S/C9H13N3O3/c13-8-3-7(11-12-8)4-10-9(14)6-1-2-15-5-6/h3,6H,1-2,4-5H2,(H,10,14)(H2,11,12,13). The first-order chi connectivity index (χ1) is 7.25. The number of nitrogens with one attached hydrogen (secondary N) is 3. The molecule has 1 aromatic rings. The summed E-state index contributed by atoms with van der Waals surface area (Å²) in [6.45, 7) is 1.49. The fraction of sp³-hybridized carbons (Fsp3) is 0.556. The maximum absolute atomic E-state index is 11.5. The van der Waals surface area contributed by atoms with Gasteiger partial charge < -0.3 is 15.2 Å². The number of carbonyl (C=O) groups excluding carboxylic acids is 1. The molecule has 15 heavy (non-hydrogen) atoms. The van der Waals surface area contributed by atoms with Gasteiger partial charge in [-0.3, -0.25) is 14.7 Å². The second-order valence-electron chi connectivity index (χ2n) is 3.56. The van der Waals surface area contributed by atoms with Crippen LogP contribution >= 0.6 is 0 Å². The SMILES string of the molecule is O=C(NCc1cc(=O)[nH][nH]1)C1CCOC1. The summed E-state index contributed by atoms with van der Waals surface area (Å²) in [5.74, 6) is -0.0646. The first-order valence-electron chi connectivity index (χ1n) is 4.88. The molecule has 6 nitrogen and oxygen atoms in total. The molecule has 1 unspecified atom stereocenters. The first kappa shape index (κ1) is 9.97. The van der Waals surface area contributed by atoms with E-state index in [0.29, 0.717) is 25.5 Å². The Balaban J connectivity index is 1.82. The van der Waals surface area contributed by atoms with Crippen LogP contribution in [0.5, 0.6) is 0 Å². The van der Waals surface area contributed by atoms with Crippen LogP contribution in [0.2, 0.25) is 0 Å². The molecule has 1 aliphatic heterocycles. The van der Waals surface area contributed by atoms with Gasteiger partial charge in [0, 0.05) is 12.7 Å². The predicted octanol–water partition coefficient (Wildman–Crippen LogP) is -0.644. The number of rotatable bonds is 3. The van der Waals surface area contributed by atoms with Crippen molar-refractivity contribution in [2.45, 2.75) is 13.0 Å². The van der Waals surface area contributed by atoms with Crippen LogP contribution in [0.4, 0.5) is 0 Å². The molecular weight excluding hydrogens is 198 g/mol. The molecule has 1 amide bonds. The zero-order chi connectivity index (χ0) is 10.7. The zero-order valence-corrected chi connectivity index (χ0v) is 8.21. The molecular formula is C9H13N3O3. The lowest BCUT2D eigenvalue weighted by atomic mass is 10.1. The number of hydrogen-bond donors (Lipinski definition) is 3. The van der Waals surface area contributed by atoms with Crippen LogP contribution in [0.25, 0.3) is 0 Å². The molecule has 6 heteroatoms. The van der Waals surface area contributed by atoms with E-state index in [1.165, 1.54) is 6.07 Å². The van der Waals surface area contributed by atoms with Crippen LogP contribution in [-0.2, 0) is 16.1 Å². The summed E-state index contributed by atoms with van der Waals surface area (Å²) in [6, 6.07) is 1.42. The third kappa shape index (κ3) is 2.47. The molecule has 0 spiro atoms. The number of H-pyrrole nitrogens is 2. The summed E-state index contributed by atoms with van der Waals surface area (Å²) >= 11 is 0. The van der Waals surface area contributed by atoms with E-state index in [4.69, 9.17) is 4.74 Å². The van der Waals surface area contributed by atoms with Gasteiger partial charge in [-0.05, 0) is 6.42 Å². The Morgan fingerprint density at radius 3 is 3.07 bits per heavy atom. The topological polar surface area (TPSA) is 87.0 Å². The van der Waals surface area contributed by atoms with Crippen LogP contribution in [0, 0.1) is 5.92 Å². The number of hydrogen-bond acceptors (Lipinski definition) is 3. The van der Waals surface area contributed by atoms with Crippen molar-refractivity contribution >= 4 is 5.91 Å². The summed E-state index contributed by atoms with van der Waals surface area (Å²) in [7, 11) is 0. The monoisotopic (exact) mass is 211 g/mol. The largest absolute Gasteiger partial charge is 0.381 e. The Kier molecular flexibility index (Phi) is 2.86. The third-order valence-corrected chi connectivity index (χ3v) is 2.41. The van der Waals surface area contributed by atoms with Gasteiger partial charge in [-0.25, -0.2) is 0 Å². The van der Waals surface area contributed by atoms with Crippen LogP contribution in [0.1, 0.15) is 12.1 Å². The number of carbonyl (C=O) groups is 1. The second-order valence-corrected chi connectivity index (χ2v) is 3.56. The van der Waals surface area contributed by atoms with E-state index in [2.05, 4.69) is 15.5 Å². The van der Waals surface area contributed by atoms with Gasteiger partial charge in [-0.15, -0.1) is 0 Å². The minimum atomic E-state index is -0.191. The minimum absolute atomic E-state index is 0.0189. The Morgan fingerprint density at radius 2 is 2.47 bits per heavy atom. The molecule has 1 fully saturated rings. The summed E-state index contributed by atoms with van der Waals surface area (Å²) < 4.78 is 5.11. The Hall–Kier alpha value is -1.56. The van der Waals surface area contributed by atoms with Crippen LogP contribution < -0.4 is 10.9 Å². The summed E-state index contributed by atoms with van der Waals surface area (Å²) in [4.78, 5) is 22.3. The highest BCUT2D eigenvalue weighted by Gasteiger charge is 2.22. The Labute approximate surface area is 86.0 Å². The van der Waals surface area contributed by atoms with Gasteiger partial charge >= 0.3 is 0 Å². The molecule has 2 rings (SSSR count). The molecule has 2 heterocycles. The van der Waals surface area contributed by atoms with Gasteiger partial charge in [0.1, 0.15) is 0 Å². The molecule has 1 saturated heterocycles. The Morgan fingerprint density at radius 1 is 1.60 bits per heavy atom. The molecule has 1 atom stereocenters. The van der Waals surface area contributed by atoms with Gasteiger partial charge in [-0.2, -0.15) is 0 Å². The van der Waals surface area contributed by atoms with Gasteiger partial charge in [-0.1, -0.05) is 0 Å². The molecule has 0 aromatic carbocycles. The van der Waals surface area contributed by atoms with E-state index in [1.54, 1.807) is 0 Å². The van der Waals surface area contributed by atoms with E-state index in [1.807, 2.05) is 0 Å². The highest BCUT2D eigenvalue weighted by Crippen LogP contribution is 2.11. The minimum Gasteiger partial charge on any atom is -0.381 e. The predicted molar refractivity (Wildman–Crippen MR) is 52.2 cm³/mol. The fourth-order valence-electron chi connectivity index (χ4n) is 1.54. The molecule has 0 radical (unpaired) electrons. The maximum Gasteiger partial charge on any atom is 0.264 e. The van der Waals surface area contributed by atoms with Crippen molar-refractivity contribution in [3.8, 4) is 0 Å². The van der Waals surface area contributed by atoms with Crippen LogP contribution in [0.15, 0.2) is 10.9 Å². The molecule has 0 aliphatic carbocycles. The maximum atomic E-state index is 11.5. The smallest absolute Gasteiger partial charge is 0.264 e. The average molecular weight is 211 g/mol. The first-order valence-corrected chi connectivity index (χ1v) is 4.88. The van der Waals surface area contributed by atoms with Crippen molar-refractivity contribution in [2.24, 2.45) is 5.92 Å². The highest BCUT2D eigenvalue weighted by molar-refractivity contribution is 5.78. The number of amides is 1. The van der Waals surface area contributed by atoms with E-state index < -0.39 is 0 Å². The molecule has 82 valence electrons. The summed E-state index contributed by atoms with van der Waals surface area (Å²) in [6.07, 6.45) is 0.773. The fourth-order valence-corrected chi connectivity index (χ4v) is 1.54. The highest BCUT2D eigenvalue weighted by atomic mass is 16.5. The molecule has 0 saturated carbocycles. The average Bonchev–Trinajstić information content (AvgIpc) is 2.84.